The number of carbonyl (C=O) groups excluding carboxylic acids is 1. The summed E-state index contributed by atoms with van der Waals surface area (Å²) in [6, 6.07) is 2.43. The van der Waals surface area contributed by atoms with Gasteiger partial charge in [0.1, 0.15) is 12.2 Å². The van der Waals surface area contributed by atoms with E-state index >= 15 is 0 Å². The summed E-state index contributed by atoms with van der Waals surface area (Å²) in [5, 5.41) is 40.8. The Bertz CT molecular complexity index is 772. The van der Waals surface area contributed by atoms with Crippen molar-refractivity contribution in [3.63, 3.8) is 0 Å². The minimum Gasteiger partial charge on any atom is -0.493 e. The molecule has 1 saturated heterocycles. The van der Waals surface area contributed by atoms with Gasteiger partial charge in [-0.15, -0.1) is 0 Å². The van der Waals surface area contributed by atoms with Gasteiger partial charge in [-0.25, -0.2) is 0 Å². The number of nitrogens with zero attached hydrogens (tertiary/aromatic N) is 1. The Morgan fingerprint density at radius 2 is 1.75 bits per heavy atom. The summed E-state index contributed by atoms with van der Waals surface area (Å²) in [6.07, 6.45) is -6.49. The third kappa shape index (κ3) is 6.03. The Hall–Kier alpha value is -2.55. The van der Waals surface area contributed by atoms with Gasteiger partial charge in [0.05, 0.1) is 36.9 Å². The van der Waals surface area contributed by atoms with Crippen LogP contribution in [-0.4, -0.2) is 85.0 Å². The number of aliphatic hydroxyl groups excluding tert-OH is 3. The predicted molar refractivity (Wildman–Crippen MR) is 105 cm³/mol. The number of hydrogen-bond donors (Lipinski definition) is 3. The van der Waals surface area contributed by atoms with Crippen LogP contribution in [0.5, 0.6) is 11.5 Å². The first-order valence-electron chi connectivity index (χ1n) is 9.62. The highest BCUT2D eigenvalue weighted by Crippen LogP contribution is 2.35. The van der Waals surface area contributed by atoms with Crippen LogP contribution in [-0.2, 0) is 30.3 Å². The molecule has 1 aliphatic heterocycles. The van der Waals surface area contributed by atoms with Gasteiger partial charge < -0.3 is 43.7 Å². The van der Waals surface area contributed by atoms with E-state index in [9.17, 15) is 30.2 Å². The van der Waals surface area contributed by atoms with E-state index in [1.165, 1.54) is 27.4 Å². The topological polar surface area (TPSA) is 176 Å². The Balaban J connectivity index is 1.93. The quantitative estimate of drug-likeness (QED) is 0.172. The van der Waals surface area contributed by atoms with Gasteiger partial charge in [0.25, 0.3) is 5.69 Å². The monoisotopic (exact) mass is 461 g/mol. The number of aliphatic hydroxyl groups is 3. The Labute approximate surface area is 183 Å². The predicted octanol–water partition coefficient (Wildman–Crippen LogP) is -0.137. The van der Waals surface area contributed by atoms with Gasteiger partial charge in [-0.3, -0.25) is 14.9 Å². The van der Waals surface area contributed by atoms with E-state index < -0.39 is 48.4 Å². The maximum Gasteiger partial charge on any atom is 0.306 e. The number of nitro benzene ring substituents is 1. The molecule has 5 atom stereocenters. The molecule has 0 bridgehead atoms. The smallest absolute Gasteiger partial charge is 0.306 e. The van der Waals surface area contributed by atoms with Crippen molar-refractivity contribution in [1.82, 2.24) is 0 Å². The fourth-order valence-electron chi connectivity index (χ4n) is 3.10. The number of esters is 1. The summed E-state index contributed by atoms with van der Waals surface area (Å²) in [5.74, 6) is -0.463. The van der Waals surface area contributed by atoms with E-state index in [0.29, 0.717) is 0 Å². The number of hydrogen-bond acceptors (Lipinski definition) is 12. The zero-order valence-electron chi connectivity index (χ0n) is 17.8. The van der Waals surface area contributed by atoms with Crippen LogP contribution in [0.1, 0.15) is 18.4 Å². The largest absolute Gasteiger partial charge is 0.493 e. The summed E-state index contributed by atoms with van der Waals surface area (Å²) in [6.45, 7) is -0.558. The summed E-state index contributed by atoms with van der Waals surface area (Å²) in [5.41, 5.74) is -0.259. The van der Waals surface area contributed by atoms with E-state index in [0.717, 1.165) is 6.07 Å². The third-order valence-corrected chi connectivity index (χ3v) is 4.75. The molecule has 1 fully saturated rings. The van der Waals surface area contributed by atoms with Crippen molar-refractivity contribution in [2.75, 3.05) is 27.9 Å². The molecule has 0 saturated carbocycles. The minimum atomic E-state index is -1.43. The van der Waals surface area contributed by atoms with Crippen LogP contribution in [0.4, 0.5) is 5.69 Å². The molecule has 0 aliphatic carbocycles. The van der Waals surface area contributed by atoms with Crippen molar-refractivity contribution in [3.8, 4) is 11.5 Å². The van der Waals surface area contributed by atoms with E-state index in [4.69, 9.17) is 28.4 Å². The summed E-state index contributed by atoms with van der Waals surface area (Å²) in [4.78, 5) is 22.7. The molecule has 0 aromatic heterocycles. The highest BCUT2D eigenvalue weighted by atomic mass is 16.8. The molecule has 0 radical (unpaired) electrons. The van der Waals surface area contributed by atoms with E-state index in [2.05, 4.69) is 0 Å². The van der Waals surface area contributed by atoms with Crippen LogP contribution < -0.4 is 9.47 Å². The fraction of sp³-hybridized carbons (Fsp3) is 0.632. The van der Waals surface area contributed by atoms with Crippen LogP contribution in [0.25, 0.3) is 0 Å². The van der Waals surface area contributed by atoms with Crippen molar-refractivity contribution in [2.24, 2.45) is 0 Å². The first-order valence-corrected chi connectivity index (χ1v) is 9.62. The van der Waals surface area contributed by atoms with Gasteiger partial charge in [0.15, 0.2) is 30.2 Å². The Morgan fingerprint density at radius 3 is 2.25 bits per heavy atom. The standard InChI is InChI=1S/C19H27NO12/c1-27-12-7-10(9-21)11(20(25)26)8-13(12)30-6-4-5-14(22)31-17-15(23)18(28-2)32-19(29-3)16(17)24/h7-8,15-19,21,23-24H,4-6,9H2,1-3H3/t15-,16+,17?,18-,19-/m0/s1. The molecule has 0 spiro atoms. The first kappa shape index (κ1) is 25.7. The van der Waals surface area contributed by atoms with Crippen LogP contribution in [0.3, 0.4) is 0 Å². The SMILES string of the molecule is COc1cc(CO)c([N+](=O)[O-])cc1OCCCC(=O)OC1[C@@H](O)[C@@H](OC)O[C@H](OC)[C@H]1O. The number of methoxy groups -OCH3 is 3. The van der Waals surface area contributed by atoms with Gasteiger partial charge in [0, 0.05) is 20.6 Å². The number of benzene rings is 1. The average molecular weight is 461 g/mol. The molecule has 2 rings (SSSR count). The molecule has 13 heteroatoms. The Kier molecular flexibility index (Phi) is 9.56. The molecule has 3 N–H and O–H groups in total. The zero-order valence-corrected chi connectivity index (χ0v) is 17.8. The molecule has 1 aliphatic rings. The molecule has 1 unspecified atom stereocenters. The lowest BCUT2D eigenvalue weighted by Crippen LogP contribution is -2.59. The van der Waals surface area contributed by atoms with Crippen molar-refractivity contribution >= 4 is 11.7 Å². The van der Waals surface area contributed by atoms with E-state index in [1.54, 1.807) is 0 Å². The number of nitro groups is 1. The molecule has 1 aromatic carbocycles. The third-order valence-electron chi connectivity index (χ3n) is 4.75. The maximum atomic E-state index is 12.2. The van der Waals surface area contributed by atoms with E-state index in [-0.39, 0.29) is 42.2 Å². The van der Waals surface area contributed by atoms with Gasteiger partial charge in [-0.05, 0) is 12.5 Å². The maximum absolute atomic E-state index is 12.2. The molecular formula is C19H27NO12. The lowest BCUT2D eigenvalue weighted by Gasteiger charge is -2.40. The summed E-state index contributed by atoms with van der Waals surface area (Å²) < 4.78 is 30.9. The summed E-state index contributed by atoms with van der Waals surface area (Å²) >= 11 is 0. The number of rotatable bonds is 11. The molecule has 13 nitrogen and oxygen atoms in total. The summed E-state index contributed by atoms with van der Waals surface area (Å²) in [7, 11) is 3.90. The fourth-order valence-corrected chi connectivity index (χ4v) is 3.10. The van der Waals surface area contributed by atoms with Crippen LogP contribution >= 0.6 is 0 Å². The van der Waals surface area contributed by atoms with Crippen LogP contribution in [0, 0.1) is 10.1 Å². The normalized spacial score (nSPS) is 25.2. The van der Waals surface area contributed by atoms with Crippen molar-refractivity contribution in [3.05, 3.63) is 27.8 Å². The number of ether oxygens (including phenoxy) is 6. The van der Waals surface area contributed by atoms with Crippen LogP contribution in [0.2, 0.25) is 0 Å². The van der Waals surface area contributed by atoms with Crippen molar-refractivity contribution < 1.29 is 53.5 Å². The Morgan fingerprint density at radius 1 is 1.12 bits per heavy atom. The molecule has 1 aromatic rings. The highest BCUT2D eigenvalue weighted by molar-refractivity contribution is 5.69. The molecule has 180 valence electrons. The van der Waals surface area contributed by atoms with E-state index in [1.807, 2.05) is 0 Å². The molecular weight excluding hydrogens is 434 g/mol. The second-order valence-corrected chi connectivity index (χ2v) is 6.78. The lowest BCUT2D eigenvalue weighted by atomic mass is 10.0. The molecule has 1 heterocycles. The zero-order chi connectivity index (χ0) is 23.8. The average Bonchev–Trinajstić information content (AvgIpc) is 2.79. The van der Waals surface area contributed by atoms with Crippen LogP contribution in [0.15, 0.2) is 12.1 Å². The molecule has 0 amide bonds. The second-order valence-electron chi connectivity index (χ2n) is 6.78. The molecule has 32 heavy (non-hydrogen) atoms. The highest BCUT2D eigenvalue weighted by Gasteiger charge is 2.47. The van der Waals surface area contributed by atoms with Gasteiger partial charge >= 0.3 is 5.97 Å². The van der Waals surface area contributed by atoms with Crippen molar-refractivity contribution in [1.29, 1.82) is 0 Å². The number of carbonyl (C=O) groups is 1. The second kappa shape index (κ2) is 11.9. The lowest BCUT2D eigenvalue weighted by molar-refractivity contribution is -0.385. The van der Waals surface area contributed by atoms with Gasteiger partial charge in [-0.1, -0.05) is 0 Å². The van der Waals surface area contributed by atoms with Gasteiger partial charge in [0.2, 0.25) is 0 Å². The van der Waals surface area contributed by atoms with Crippen molar-refractivity contribution in [2.45, 2.75) is 50.3 Å². The minimum absolute atomic E-state index is 0.0125. The first-order chi connectivity index (χ1) is 15.3. The van der Waals surface area contributed by atoms with Gasteiger partial charge in [-0.2, -0.15) is 0 Å².